The number of aromatic amines is 1. The SMILES string of the molecule is Cc1c(-c2ccc(F)cc2F)n(CC(F)(F)F)c2ccc3[nH]c(=O)cc(Cl)c3c12. The molecular formula is C20H12ClF5N2O. The Labute approximate surface area is 165 Å². The summed E-state index contributed by atoms with van der Waals surface area (Å²) in [6, 6.07) is 6.69. The lowest BCUT2D eigenvalue weighted by atomic mass is 10.0. The molecule has 9 heteroatoms. The summed E-state index contributed by atoms with van der Waals surface area (Å²) < 4.78 is 68.8. The lowest BCUT2D eigenvalue weighted by molar-refractivity contribution is -0.139. The third-order valence-electron chi connectivity index (χ3n) is 4.75. The van der Waals surface area contributed by atoms with Gasteiger partial charge in [0.15, 0.2) is 0 Å². The van der Waals surface area contributed by atoms with E-state index in [1.54, 1.807) is 0 Å². The van der Waals surface area contributed by atoms with E-state index in [1.165, 1.54) is 19.1 Å². The number of aromatic nitrogens is 2. The number of alkyl halides is 3. The minimum absolute atomic E-state index is 0.0374. The fourth-order valence-electron chi connectivity index (χ4n) is 3.72. The molecule has 0 unspecified atom stereocenters. The van der Waals surface area contributed by atoms with Crippen LogP contribution >= 0.6 is 11.6 Å². The van der Waals surface area contributed by atoms with E-state index in [0.717, 1.165) is 22.8 Å². The molecule has 1 N–H and O–H groups in total. The number of H-pyrrole nitrogens is 1. The molecule has 0 bridgehead atoms. The van der Waals surface area contributed by atoms with Gasteiger partial charge in [0.1, 0.15) is 18.2 Å². The van der Waals surface area contributed by atoms with Crippen LogP contribution in [0.2, 0.25) is 5.02 Å². The van der Waals surface area contributed by atoms with Crippen LogP contribution in [-0.2, 0) is 6.54 Å². The van der Waals surface area contributed by atoms with Crippen molar-refractivity contribution in [3.63, 3.8) is 0 Å². The summed E-state index contributed by atoms with van der Waals surface area (Å²) in [5, 5.41) is 0.769. The van der Waals surface area contributed by atoms with Crippen molar-refractivity contribution in [1.82, 2.24) is 9.55 Å². The number of hydrogen-bond donors (Lipinski definition) is 1. The molecule has 0 fully saturated rings. The molecule has 2 aromatic carbocycles. The lowest BCUT2D eigenvalue weighted by Gasteiger charge is -2.14. The summed E-state index contributed by atoms with van der Waals surface area (Å²) >= 11 is 6.23. The zero-order valence-electron chi connectivity index (χ0n) is 14.8. The van der Waals surface area contributed by atoms with E-state index >= 15 is 0 Å². The second-order valence-corrected chi connectivity index (χ2v) is 7.07. The molecule has 0 atom stereocenters. The van der Waals surface area contributed by atoms with Gasteiger partial charge in [-0.25, -0.2) is 8.78 Å². The Morgan fingerprint density at radius 1 is 1.07 bits per heavy atom. The van der Waals surface area contributed by atoms with Crippen LogP contribution in [0.5, 0.6) is 0 Å². The topological polar surface area (TPSA) is 37.8 Å². The lowest BCUT2D eigenvalue weighted by Crippen LogP contribution is -2.18. The minimum Gasteiger partial charge on any atom is -0.331 e. The van der Waals surface area contributed by atoms with Crippen molar-refractivity contribution in [1.29, 1.82) is 0 Å². The van der Waals surface area contributed by atoms with Gasteiger partial charge in [-0.2, -0.15) is 13.2 Å². The number of halogens is 6. The molecule has 0 amide bonds. The largest absolute Gasteiger partial charge is 0.406 e. The standard InChI is InChI=1S/C20H12ClF5N2O/c1-9-17-15(5-4-14-18(17)12(21)7-16(29)27-14)28(8-20(24,25)26)19(9)11-3-2-10(22)6-13(11)23/h2-7H,8H2,1H3,(H,27,29). The van der Waals surface area contributed by atoms with Crippen molar-refractivity contribution in [2.45, 2.75) is 19.6 Å². The van der Waals surface area contributed by atoms with Crippen molar-refractivity contribution in [3.05, 3.63) is 69.0 Å². The van der Waals surface area contributed by atoms with Gasteiger partial charge in [0.25, 0.3) is 0 Å². The van der Waals surface area contributed by atoms with Gasteiger partial charge < -0.3 is 9.55 Å². The Balaban J connectivity index is 2.19. The second kappa shape index (κ2) is 6.59. The van der Waals surface area contributed by atoms with E-state index in [1.807, 2.05) is 0 Å². The smallest absolute Gasteiger partial charge is 0.331 e. The second-order valence-electron chi connectivity index (χ2n) is 6.66. The monoisotopic (exact) mass is 426 g/mol. The summed E-state index contributed by atoms with van der Waals surface area (Å²) in [5.41, 5.74) is 0.171. The Morgan fingerprint density at radius 3 is 2.45 bits per heavy atom. The van der Waals surface area contributed by atoms with Crippen LogP contribution in [-0.4, -0.2) is 15.7 Å². The van der Waals surface area contributed by atoms with Gasteiger partial charge in [-0.3, -0.25) is 4.79 Å². The third-order valence-corrected chi connectivity index (χ3v) is 5.05. The Hall–Kier alpha value is -2.87. The molecule has 2 aromatic heterocycles. The zero-order valence-corrected chi connectivity index (χ0v) is 15.6. The van der Waals surface area contributed by atoms with Crippen LogP contribution in [0.25, 0.3) is 33.1 Å². The highest BCUT2D eigenvalue weighted by Crippen LogP contribution is 2.41. The Morgan fingerprint density at radius 2 is 1.79 bits per heavy atom. The van der Waals surface area contributed by atoms with Crippen molar-refractivity contribution in [2.75, 3.05) is 0 Å². The molecule has 29 heavy (non-hydrogen) atoms. The molecule has 2 heterocycles. The molecular weight excluding hydrogens is 415 g/mol. The van der Waals surface area contributed by atoms with E-state index in [4.69, 9.17) is 11.6 Å². The molecule has 4 aromatic rings. The van der Waals surface area contributed by atoms with Gasteiger partial charge in [-0.05, 0) is 36.8 Å². The number of aryl methyl sites for hydroxylation is 1. The van der Waals surface area contributed by atoms with Crippen LogP contribution in [0.1, 0.15) is 5.56 Å². The van der Waals surface area contributed by atoms with Crippen LogP contribution in [0, 0.1) is 18.6 Å². The van der Waals surface area contributed by atoms with E-state index < -0.39 is 29.9 Å². The molecule has 0 saturated heterocycles. The maximum absolute atomic E-state index is 14.5. The number of nitrogens with zero attached hydrogens (tertiary/aromatic N) is 1. The summed E-state index contributed by atoms with van der Waals surface area (Å²) in [4.78, 5) is 14.3. The van der Waals surface area contributed by atoms with Gasteiger partial charge in [0.2, 0.25) is 5.56 Å². The van der Waals surface area contributed by atoms with Gasteiger partial charge in [-0.1, -0.05) is 11.6 Å². The Bertz CT molecular complexity index is 1340. The van der Waals surface area contributed by atoms with Gasteiger partial charge in [0.05, 0.1) is 16.2 Å². The average molecular weight is 427 g/mol. The predicted molar refractivity (Wildman–Crippen MR) is 101 cm³/mol. The highest BCUT2D eigenvalue weighted by Gasteiger charge is 2.32. The van der Waals surface area contributed by atoms with Crippen LogP contribution < -0.4 is 5.56 Å². The van der Waals surface area contributed by atoms with Crippen molar-refractivity contribution in [3.8, 4) is 11.3 Å². The average Bonchev–Trinajstić information content (AvgIpc) is 2.85. The fourth-order valence-corrected chi connectivity index (χ4v) is 4.01. The normalized spacial score (nSPS) is 12.2. The predicted octanol–water partition coefficient (Wildman–Crippen LogP) is 5.95. The molecule has 0 spiro atoms. The van der Waals surface area contributed by atoms with Crippen molar-refractivity contribution >= 4 is 33.4 Å². The number of hydrogen-bond acceptors (Lipinski definition) is 1. The van der Waals surface area contributed by atoms with Crippen LogP contribution in [0.4, 0.5) is 22.0 Å². The quantitative estimate of drug-likeness (QED) is 0.395. The molecule has 4 rings (SSSR count). The number of fused-ring (bicyclic) bond motifs is 3. The highest BCUT2D eigenvalue weighted by molar-refractivity contribution is 6.37. The maximum Gasteiger partial charge on any atom is 0.406 e. The molecule has 3 nitrogen and oxygen atoms in total. The number of nitrogens with one attached hydrogen (secondary N) is 1. The zero-order chi connectivity index (χ0) is 21.1. The van der Waals surface area contributed by atoms with Crippen molar-refractivity contribution < 1.29 is 22.0 Å². The molecule has 0 radical (unpaired) electrons. The van der Waals surface area contributed by atoms with Crippen LogP contribution in [0.15, 0.2) is 41.2 Å². The van der Waals surface area contributed by atoms with Crippen molar-refractivity contribution in [2.24, 2.45) is 0 Å². The number of benzene rings is 2. The molecule has 150 valence electrons. The fraction of sp³-hybridized carbons (Fsp3) is 0.150. The third kappa shape index (κ3) is 3.27. The highest BCUT2D eigenvalue weighted by atomic mass is 35.5. The van der Waals surface area contributed by atoms with E-state index in [2.05, 4.69) is 4.98 Å². The maximum atomic E-state index is 14.5. The molecule has 0 aliphatic rings. The summed E-state index contributed by atoms with van der Waals surface area (Å²) in [7, 11) is 0. The number of rotatable bonds is 2. The van der Waals surface area contributed by atoms with E-state index in [9.17, 15) is 26.7 Å². The minimum atomic E-state index is -4.59. The molecule has 0 aliphatic carbocycles. The van der Waals surface area contributed by atoms with Gasteiger partial charge >= 0.3 is 6.18 Å². The first kappa shape index (κ1) is 19.4. The van der Waals surface area contributed by atoms with E-state index in [0.29, 0.717) is 27.9 Å². The summed E-state index contributed by atoms with van der Waals surface area (Å²) in [6.45, 7) is 0.157. The molecule has 0 saturated carbocycles. The molecule has 0 aliphatic heterocycles. The summed E-state index contributed by atoms with van der Waals surface area (Å²) in [6.07, 6.45) is -4.59. The first-order valence-electron chi connectivity index (χ1n) is 8.43. The first-order chi connectivity index (χ1) is 13.6. The summed E-state index contributed by atoms with van der Waals surface area (Å²) in [5.74, 6) is -1.82. The number of pyridine rings is 1. The van der Waals surface area contributed by atoms with Gasteiger partial charge in [0, 0.05) is 34.0 Å². The van der Waals surface area contributed by atoms with Gasteiger partial charge in [-0.15, -0.1) is 0 Å². The van der Waals surface area contributed by atoms with Crippen LogP contribution in [0.3, 0.4) is 0 Å². The Kier molecular flexibility index (Phi) is 4.42. The van der Waals surface area contributed by atoms with E-state index in [-0.39, 0.29) is 21.8 Å². The first-order valence-corrected chi connectivity index (χ1v) is 8.81.